The standard InChI is InChI=1S/C47H56N10O8S/c1-28(45(61)56-23-11-20-39(56)43(59)54-37(46(62)63)24-31-26-51-35-17-7-6-14-32(31)35)52-42(58)36(18-10-22-50-47(48)49)53-44(60)40-25-29-12-4-5-13-30(29)27-57(40)66(64,65)41-21-9-15-33-34(41)16-8-19-38(33)55(2)3/h4-9,12-17,19,21,26,28,36-37,39-40,51H,10-11,18,20,22-25,27H2,1-3H3,(H,52,58)(H,53,60)(H,54,59)(H,62,63)(H4,48,49,50)/t28-,36-,37-,39-,40-/m0/s1. The van der Waals surface area contributed by atoms with Gasteiger partial charge in [0.05, 0.1) is 4.90 Å². The zero-order chi connectivity index (χ0) is 47.3. The number of likely N-dealkylation sites (tertiary alicyclic amines) is 1. The number of H-pyrrole nitrogens is 1. The van der Waals surface area contributed by atoms with Crippen LogP contribution in [-0.4, -0.2) is 121 Å². The van der Waals surface area contributed by atoms with Crippen molar-refractivity contribution in [3.8, 4) is 0 Å². The predicted molar refractivity (Wildman–Crippen MR) is 251 cm³/mol. The molecule has 5 aromatic rings. The maximum atomic E-state index is 14.8. The van der Waals surface area contributed by atoms with Crippen LogP contribution in [0.3, 0.4) is 0 Å². The molecule has 0 spiro atoms. The molecule has 348 valence electrons. The fraction of sp³-hybridized carbons (Fsp3) is 0.362. The van der Waals surface area contributed by atoms with Gasteiger partial charge in [-0.1, -0.05) is 66.7 Å². The number of sulfonamides is 1. The Kier molecular flexibility index (Phi) is 14.3. The van der Waals surface area contributed by atoms with E-state index in [1.807, 2.05) is 73.6 Å². The molecule has 4 amide bonds. The van der Waals surface area contributed by atoms with Gasteiger partial charge in [0.2, 0.25) is 33.7 Å². The van der Waals surface area contributed by atoms with E-state index >= 15 is 0 Å². The third-order valence-corrected chi connectivity index (χ3v) is 14.2. The van der Waals surface area contributed by atoms with E-state index in [-0.39, 0.29) is 62.6 Å². The van der Waals surface area contributed by atoms with Crippen LogP contribution in [-0.2, 0) is 53.4 Å². The first-order valence-electron chi connectivity index (χ1n) is 21.9. The highest BCUT2D eigenvalue weighted by Gasteiger charge is 2.42. The second kappa shape index (κ2) is 20.0. The van der Waals surface area contributed by atoms with E-state index in [0.717, 1.165) is 33.1 Å². The van der Waals surface area contributed by atoms with Crippen molar-refractivity contribution in [1.82, 2.24) is 30.1 Å². The summed E-state index contributed by atoms with van der Waals surface area (Å²) in [6.45, 7) is 1.66. The number of hydrogen-bond donors (Lipinski definition) is 7. The van der Waals surface area contributed by atoms with E-state index in [0.29, 0.717) is 17.4 Å². The first kappa shape index (κ1) is 47.0. The number of hydrogen-bond acceptors (Lipinski definition) is 9. The minimum absolute atomic E-state index is 0.00629. The Balaban J connectivity index is 1.09. The number of aromatic amines is 1. The number of carbonyl (C=O) groups excluding carboxylic acids is 4. The second-order valence-electron chi connectivity index (χ2n) is 17.0. The lowest BCUT2D eigenvalue weighted by Gasteiger charge is -2.36. The van der Waals surface area contributed by atoms with E-state index in [1.165, 1.54) is 22.2 Å². The van der Waals surface area contributed by atoms with Crippen LogP contribution in [0, 0.1) is 0 Å². The van der Waals surface area contributed by atoms with Crippen molar-refractivity contribution in [1.29, 1.82) is 0 Å². The van der Waals surface area contributed by atoms with Crippen LogP contribution >= 0.6 is 0 Å². The summed E-state index contributed by atoms with van der Waals surface area (Å²) >= 11 is 0. The molecule has 5 atom stereocenters. The molecule has 1 aromatic heterocycles. The Hall–Kier alpha value is -6.99. The zero-order valence-electron chi connectivity index (χ0n) is 37.1. The number of aliphatic imine (C=N–C) groups is 1. The summed E-state index contributed by atoms with van der Waals surface area (Å²) in [7, 11) is -0.613. The number of fused-ring (bicyclic) bond motifs is 3. The summed E-state index contributed by atoms with van der Waals surface area (Å²) < 4.78 is 30.9. The highest BCUT2D eigenvalue weighted by atomic mass is 32.2. The van der Waals surface area contributed by atoms with Crippen LogP contribution in [0.1, 0.15) is 49.3 Å². The number of para-hydroxylation sites is 1. The van der Waals surface area contributed by atoms with Gasteiger partial charge in [-0.3, -0.25) is 24.2 Å². The Labute approximate surface area is 382 Å². The Bertz CT molecular complexity index is 2790. The van der Waals surface area contributed by atoms with E-state index in [2.05, 4.69) is 25.9 Å². The van der Waals surface area contributed by atoms with Gasteiger partial charge in [-0.25, -0.2) is 13.2 Å². The van der Waals surface area contributed by atoms with E-state index in [9.17, 15) is 37.5 Å². The number of carboxylic acid groups (broad SMARTS) is 1. The highest BCUT2D eigenvalue weighted by Crippen LogP contribution is 2.35. The summed E-state index contributed by atoms with van der Waals surface area (Å²) in [5, 5.41) is 20.2. The van der Waals surface area contributed by atoms with Crippen LogP contribution in [0.5, 0.6) is 0 Å². The minimum atomic E-state index is -4.35. The number of benzene rings is 4. The molecule has 1 fully saturated rings. The molecular weight excluding hydrogens is 865 g/mol. The molecule has 66 heavy (non-hydrogen) atoms. The van der Waals surface area contributed by atoms with Crippen molar-refractivity contribution in [3.05, 3.63) is 108 Å². The van der Waals surface area contributed by atoms with Crippen molar-refractivity contribution >= 4 is 72.9 Å². The molecule has 2 aliphatic rings. The maximum absolute atomic E-state index is 14.8. The number of anilines is 1. The number of nitrogens with one attached hydrogen (secondary N) is 4. The van der Waals surface area contributed by atoms with Gasteiger partial charge < -0.3 is 47.3 Å². The van der Waals surface area contributed by atoms with Crippen LogP contribution < -0.4 is 32.3 Å². The molecule has 4 aromatic carbocycles. The number of carbonyl (C=O) groups is 5. The monoisotopic (exact) mass is 920 g/mol. The molecule has 2 aliphatic heterocycles. The van der Waals surface area contributed by atoms with Gasteiger partial charge in [0.25, 0.3) is 0 Å². The topological polar surface area (TPSA) is 266 Å². The summed E-state index contributed by atoms with van der Waals surface area (Å²) in [5.41, 5.74) is 15.0. The maximum Gasteiger partial charge on any atom is 0.326 e. The second-order valence-corrected chi connectivity index (χ2v) is 18.8. The fourth-order valence-electron chi connectivity index (χ4n) is 8.94. The van der Waals surface area contributed by atoms with Crippen LogP contribution in [0.2, 0.25) is 0 Å². The smallest absolute Gasteiger partial charge is 0.326 e. The third-order valence-electron chi connectivity index (χ3n) is 12.3. The number of nitrogens with two attached hydrogens (primary N) is 2. The molecular formula is C47H56N10O8S. The lowest BCUT2D eigenvalue weighted by atomic mass is 9.95. The third kappa shape index (κ3) is 10.1. The molecule has 9 N–H and O–H groups in total. The molecule has 0 aliphatic carbocycles. The molecule has 0 bridgehead atoms. The fourth-order valence-corrected chi connectivity index (χ4v) is 10.7. The average Bonchev–Trinajstić information content (AvgIpc) is 3.96. The molecule has 1 saturated heterocycles. The molecule has 7 rings (SSSR count). The van der Waals surface area contributed by atoms with Crippen molar-refractivity contribution in [3.63, 3.8) is 0 Å². The molecule has 3 heterocycles. The number of amides is 4. The van der Waals surface area contributed by atoms with Crippen LogP contribution in [0.4, 0.5) is 5.69 Å². The van der Waals surface area contributed by atoms with Gasteiger partial charge in [0.1, 0.15) is 30.2 Å². The number of guanidine groups is 1. The van der Waals surface area contributed by atoms with Gasteiger partial charge in [-0.15, -0.1) is 0 Å². The molecule has 0 unspecified atom stereocenters. The van der Waals surface area contributed by atoms with Gasteiger partial charge in [-0.05, 0) is 73.9 Å². The molecule has 0 saturated carbocycles. The van der Waals surface area contributed by atoms with Crippen molar-refractivity contribution < 1.29 is 37.5 Å². The highest BCUT2D eigenvalue weighted by molar-refractivity contribution is 7.89. The normalized spacial score (nSPS) is 17.6. The van der Waals surface area contributed by atoms with Crippen molar-refractivity contribution in [2.24, 2.45) is 16.5 Å². The van der Waals surface area contributed by atoms with Crippen LogP contribution in [0.25, 0.3) is 21.7 Å². The van der Waals surface area contributed by atoms with Crippen molar-refractivity contribution in [2.45, 2.75) is 87.1 Å². The summed E-state index contributed by atoms with van der Waals surface area (Å²) in [6, 6.07) is 19.2. The Morgan fingerprint density at radius 1 is 0.848 bits per heavy atom. The summed E-state index contributed by atoms with van der Waals surface area (Å²) in [6.07, 6.45) is 2.73. The lowest BCUT2D eigenvalue weighted by Crippen LogP contribution is -2.59. The van der Waals surface area contributed by atoms with Gasteiger partial charge >= 0.3 is 5.97 Å². The number of aliphatic carboxylic acids is 1. The predicted octanol–water partition coefficient (Wildman–Crippen LogP) is 2.35. The summed E-state index contributed by atoms with van der Waals surface area (Å²) in [4.78, 5) is 79.1. The van der Waals surface area contributed by atoms with Gasteiger partial charge in [-0.2, -0.15) is 4.31 Å². The number of rotatable bonds is 17. The van der Waals surface area contributed by atoms with Gasteiger partial charge in [0.15, 0.2) is 5.96 Å². The van der Waals surface area contributed by atoms with Crippen LogP contribution in [0.15, 0.2) is 101 Å². The molecule has 0 radical (unpaired) electrons. The van der Waals surface area contributed by atoms with E-state index in [4.69, 9.17) is 11.5 Å². The number of aromatic nitrogens is 1. The lowest BCUT2D eigenvalue weighted by molar-refractivity contribution is -0.144. The van der Waals surface area contributed by atoms with E-state index < -0.39 is 69.8 Å². The Morgan fingerprint density at radius 2 is 1.52 bits per heavy atom. The SMILES string of the molecule is C[C@H](NC(=O)[C@H](CCCN=C(N)N)NC(=O)[C@@H]1Cc2ccccc2CN1S(=O)(=O)c1cccc2c(N(C)C)cccc12)C(=O)N1CCC[C@H]1C(=O)N[C@@H](Cc1c[nH]c2ccccc12)C(=O)O. The zero-order valence-corrected chi connectivity index (χ0v) is 37.9. The number of carboxylic acids is 1. The number of nitrogens with zero attached hydrogens (tertiary/aromatic N) is 4. The molecule has 19 heteroatoms. The average molecular weight is 921 g/mol. The minimum Gasteiger partial charge on any atom is -0.480 e. The first-order valence-corrected chi connectivity index (χ1v) is 23.3. The Morgan fingerprint density at radius 3 is 2.26 bits per heavy atom. The molecule has 18 nitrogen and oxygen atoms in total. The first-order chi connectivity index (χ1) is 31.5. The quantitative estimate of drug-likeness (QED) is 0.0404. The largest absolute Gasteiger partial charge is 0.480 e. The van der Waals surface area contributed by atoms with E-state index in [1.54, 1.807) is 30.5 Å². The summed E-state index contributed by atoms with van der Waals surface area (Å²) in [5.74, 6) is -4.06. The van der Waals surface area contributed by atoms with Gasteiger partial charge in [0, 0.05) is 73.7 Å². The van der Waals surface area contributed by atoms with Crippen molar-refractivity contribution in [2.75, 3.05) is 32.1 Å².